The molecule has 1 unspecified atom stereocenters. The van der Waals surface area contributed by atoms with Crippen molar-refractivity contribution >= 4 is 45.8 Å². The van der Waals surface area contributed by atoms with Crippen LogP contribution in [0.15, 0.2) is 70.4 Å². The van der Waals surface area contributed by atoms with Crippen LogP contribution in [0.1, 0.15) is 28.6 Å². The summed E-state index contributed by atoms with van der Waals surface area (Å²) >= 11 is 0. The normalized spacial score (nSPS) is 19.8. The van der Waals surface area contributed by atoms with Gasteiger partial charge >= 0.3 is 13.3 Å². The number of H-pyrrole nitrogens is 1. The number of aromatic amines is 1. The highest BCUT2D eigenvalue weighted by Crippen LogP contribution is 2.44. The molecule has 1 saturated heterocycles. The molecule has 1 aliphatic heterocycles. The van der Waals surface area contributed by atoms with Crippen LogP contribution < -0.4 is 16.6 Å². The highest BCUT2D eigenvalue weighted by Gasteiger charge is 2.40. The molecule has 43 heavy (non-hydrogen) atoms. The van der Waals surface area contributed by atoms with Gasteiger partial charge in [0, 0.05) is 32.0 Å². The third kappa shape index (κ3) is 5.71. The van der Waals surface area contributed by atoms with E-state index in [1.165, 1.54) is 13.3 Å². The van der Waals surface area contributed by atoms with Crippen LogP contribution in [0.3, 0.4) is 0 Å². The number of hydrogen-bond donors (Lipinski definition) is 3. The standard InChI is InChI=1S/C31H28N3O8P/c1-40-17-25-24(42-43(2,38)39)15-26(41-25)34-16-21(29(35)33-31(34)37)7-4-14-32-30(36)23-13-11-20-9-8-18-5-3-6-19-10-12-22(23)28(20)27(18)19/h3,5-6,8-13,16,24-26H,14-15,17H2,1-2H3,(H,32,36)(H,38,39)(H,33,35,37)/t24-,25-,26-/m1/s1. The fourth-order valence-corrected chi connectivity index (χ4v) is 6.35. The number of carbonyl (C=O) groups is 1. The molecule has 3 N–H and O–H groups in total. The Hall–Kier alpha value is -4.30. The molecule has 6 rings (SSSR count). The summed E-state index contributed by atoms with van der Waals surface area (Å²) in [6.07, 6.45) is -1.08. The van der Waals surface area contributed by atoms with E-state index in [0.29, 0.717) is 5.56 Å². The maximum Gasteiger partial charge on any atom is 0.330 e. The summed E-state index contributed by atoms with van der Waals surface area (Å²) < 4.78 is 29.2. The van der Waals surface area contributed by atoms with Crippen LogP contribution in [0, 0.1) is 11.8 Å². The molecule has 0 radical (unpaired) electrons. The zero-order chi connectivity index (χ0) is 30.3. The Morgan fingerprint density at radius 2 is 1.81 bits per heavy atom. The van der Waals surface area contributed by atoms with Crippen molar-refractivity contribution in [2.24, 2.45) is 0 Å². The molecular weight excluding hydrogens is 573 g/mol. The minimum absolute atomic E-state index is 0.0174. The SMILES string of the molecule is COC[C@H]1O[C@@H](n2cc(C#CCNC(=O)c3ccc4ccc5cccc6ccc3c4c56)c(=O)[nH]c2=O)C[C@H]1OP(C)(=O)O. The minimum Gasteiger partial charge on any atom is -0.382 e. The Morgan fingerprint density at radius 3 is 2.53 bits per heavy atom. The number of methoxy groups -OCH3 is 1. The van der Waals surface area contributed by atoms with E-state index in [0.717, 1.165) is 43.5 Å². The van der Waals surface area contributed by atoms with Gasteiger partial charge in [-0.25, -0.2) is 4.79 Å². The molecule has 0 bridgehead atoms. The molecule has 1 aliphatic rings. The Morgan fingerprint density at radius 1 is 1.12 bits per heavy atom. The Labute approximate surface area is 245 Å². The van der Waals surface area contributed by atoms with Crippen molar-refractivity contribution in [1.29, 1.82) is 0 Å². The molecular formula is C31H28N3O8P. The highest BCUT2D eigenvalue weighted by atomic mass is 31.2. The second-order valence-electron chi connectivity index (χ2n) is 10.4. The first-order chi connectivity index (χ1) is 20.6. The molecule has 12 heteroatoms. The van der Waals surface area contributed by atoms with Crippen molar-refractivity contribution in [3.8, 4) is 11.8 Å². The predicted molar refractivity (Wildman–Crippen MR) is 162 cm³/mol. The Bertz CT molecular complexity index is 2070. The van der Waals surface area contributed by atoms with Crippen LogP contribution in [-0.4, -0.2) is 59.5 Å². The maximum atomic E-state index is 13.2. The smallest absolute Gasteiger partial charge is 0.330 e. The quantitative estimate of drug-likeness (QED) is 0.146. The molecule has 4 aromatic carbocycles. The van der Waals surface area contributed by atoms with Gasteiger partial charge in [0.1, 0.15) is 17.9 Å². The number of rotatable bonds is 7. The number of benzene rings is 4. The lowest BCUT2D eigenvalue weighted by Crippen LogP contribution is -2.33. The van der Waals surface area contributed by atoms with Crippen LogP contribution in [-0.2, 0) is 18.6 Å². The first-order valence-corrected chi connectivity index (χ1v) is 15.6. The van der Waals surface area contributed by atoms with Gasteiger partial charge in [-0.05, 0) is 38.4 Å². The number of carbonyl (C=O) groups excluding carboxylic acids is 1. The van der Waals surface area contributed by atoms with Gasteiger partial charge in [-0.1, -0.05) is 60.4 Å². The van der Waals surface area contributed by atoms with Crippen LogP contribution >= 0.6 is 7.60 Å². The van der Waals surface area contributed by atoms with Crippen LogP contribution in [0.25, 0.3) is 32.3 Å². The lowest BCUT2D eigenvalue weighted by molar-refractivity contribution is -0.0519. The molecule has 1 fully saturated rings. The van der Waals surface area contributed by atoms with Gasteiger partial charge in [0.05, 0.1) is 19.3 Å². The van der Waals surface area contributed by atoms with E-state index in [2.05, 4.69) is 40.3 Å². The molecule has 0 aliphatic carbocycles. The molecule has 0 spiro atoms. The second kappa shape index (κ2) is 11.4. The van der Waals surface area contributed by atoms with Gasteiger partial charge < -0.3 is 24.2 Å². The van der Waals surface area contributed by atoms with Crippen molar-refractivity contribution < 1.29 is 28.3 Å². The molecule has 5 aromatic rings. The summed E-state index contributed by atoms with van der Waals surface area (Å²) in [5, 5.41) is 9.01. The molecule has 220 valence electrons. The van der Waals surface area contributed by atoms with Crippen molar-refractivity contribution in [1.82, 2.24) is 14.9 Å². The average Bonchev–Trinajstić information content (AvgIpc) is 3.35. The van der Waals surface area contributed by atoms with Gasteiger partial charge in [-0.3, -0.25) is 23.7 Å². The third-order valence-corrected chi connectivity index (χ3v) is 8.12. The molecule has 0 saturated carbocycles. The maximum absolute atomic E-state index is 13.2. The van der Waals surface area contributed by atoms with Crippen molar-refractivity contribution in [2.75, 3.05) is 26.9 Å². The topological polar surface area (TPSA) is 149 Å². The zero-order valence-electron chi connectivity index (χ0n) is 23.3. The largest absolute Gasteiger partial charge is 0.382 e. The average molecular weight is 602 g/mol. The van der Waals surface area contributed by atoms with Gasteiger partial charge in [0.15, 0.2) is 0 Å². The molecule has 1 aromatic heterocycles. The summed E-state index contributed by atoms with van der Waals surface area (Å²) in [5.41, 5.74) is -0.932. The van der Waals surface area contributed by atoms with Crippen molar-refractivity contribution in [2.45, 2.75) is 24.9 Å². The number of hydrogen-bond acceptors (Lipinski definition) is 7. The Balaban J connectivity index is 1.21. The van der Waals surface area contributed by atoms with Gasteiger partial charge in [0.2, 0.25) is 0 Å². The lowest BCUT2D eigenvalue weighted by atomic mass is 9.92. The minimum atomic E-state index is -3.84. The summed E-state index contributed by atoms with van der Waals surface area (Å²) in [4.78, 5) is 50.2. The monoisotopic (exact) mass is 601 g/mol. The highest BCUT2D eigenvalue weighted by molar-refractivity contribution is 7.51. The fraction of sp³-hybridized carbons (Fsp3) is 0.258. The third-order valence-electron chi connectivity index (χ3n) is 7.45. The van der Waals surface area contributed by atoms with Gasteiger partial charge in [-0.2, -0.15) is 0 Å². The number of aromatic nitrogens is 2. The second-order valence-corrected chi connectivity index (χ2v) is 12.2. The fourth-order valence-electron chi connectivity index (χ4n) is 5.63. The van der Waals surface area contributed by atoms with Crippen molar-refractivity contribution in [3.05, 3.63) is 92.8 Å². The molecule has 2 heterocycles. The summed E-state index contributed by atoms with van der Waals surface area (Å²) in [6, 6.07) is 17.9. The first-order valence-electron chi connectivity index (χ1n) is 13.5. The van der Waals surface area contributed by atoms with E-state index >= 15 is 0 Å². The zero-order valence-corrected chi connectivity index (χ0v) is 24.2. The van der Waals surface area contributed by atoms with E-state index in [4.69, 9.17) is 14.0 Å². The lowest BCUT2D eigenvalue weighted by Gasteiger charge is -2.19. The molecule has 1 amide bonds. The first kappa shape index (κ1) is 28.8. The summed E-state index contributed by atoms with van der Waals surface area (Å²) in [5.74, 6) is 5.18. The van der Waals surface area contributed by atoms with Crippen LogP contribution in [0.5, 0.6) is 0 Å². The van der Waals surface area contributed by atoms with Crippen molar-refractivity contribution in [3.63, 3.8) is 0 Å². The van der Waals surface area contributed by atoms with Gasteiger partial charge in [0.25, 0.3) is 11.5 Å². The number of nitrogens with one attached hydrogen (secondary N) is 2. The number of nitrogens with zero attached hydrogens (tertiary/aromatic N) is 1. The molecule has 11 nitrogen and oxygen atoms in total. The van der Waals surface area contributed by atoms with E-state index in [1.807, 2.05) is 30.3 Å². The van der Waals surface area contributed by atoms with Crippen LogP contribution in [0.2, 0.25) is 0 Å². The molecule has 4 atom stereocenters. The van der Waals surface area contributed by atoms with E-state index in [1.54, 1.807) is 6.07 Å². The number of ether oxygens (including phenoxy) is 2. The predicted octanol–water partition coefficient (Wildman–Crippen LogP) is 3.35. The number of amides is 1. The Kier molecular flexibility index (Phi) is 7.65. The summed E-state index contributed by atoms with van der Waals surface area (Å²) in [7, 11) is -2.39. The van der Waals surface area contributed by atoms with Gasteiger partial charge in [-0.15, -0.1) is 0 Å². The van der Waals surface area contributed by atoms with E-state index < -0.39 is 37.3 Å². The van der Waals surface area contributed by atoms with Crippen LogP contribution in [0.4, 0.5) is 0 Å². The van der Waals surface area contributed by atoms with E-state index in [-0.39, 0.29) is 31.0 Å². The van der Waals surface area contributed by atoms with E-state index in [9.17, 15) is 23.8 Å². The summed E-state index contributed by atoms with van der Waals surface area (Å²) in [6.45, 7) is 1.08.